The van der Waals surface area contributed by atoms with Crippen molar-refractivity contribution in [3.05, 3.63) is 107 Å². The molecule has 1 heterocycles. The van der Waals surface area contributed by atoms with Crippen LogP contribution < -0.4 is 5.32 Å². The number of benzene rings is 3. The monoisotopic (exact) mass is 435 g/mol. The molecule has 0 atom stereocenters. The van der Waals surface area contributed by atoms with Gasteiger partial charge in [0.05, 0.1) is 0 Å². The molecule has 6 heteroatoms. The van der Waals surface area contributed by atoms with Crippen LogP contribution in [0.2, 0.25) is 0 Å². The zero-order valence-corrected chi connectivity index (χ0v) is 17.7. The molecule has 0 saturated carbocycles. The lowest BCUT2D eigenvalue weighted by Crippen LogP contribution is -2.13. The Labute approximate surface area is 191 Å². The third-order valence-corrected chi connectivity index (χ3v) is 5.25. The van der Waals surface area contributed by atoms with Gasteiger partial charge in [0.25, 0.3) is 5.91 Å². The number of para-hydroxylation sites is 1. The first-order chi connectivity index (χ1) is 16.0. The van der Waals surface area contributed by atoms with Gasteiger partial charge in [-0.15, -0.1) is 0 Å². The molecule has 1 aromatic heterocycles. The van der Waals surface area contributed by atoms with Crippen molar-refractivity contribution in [1.29, 1.82) is 5.26 Å². The van der Waals surface area contributed by atoms with Gasteiger partial charge in [0.15, 0.2) is 0 Å². The van der Waals surface area contributed by atoms with E-state index in [2.05, 4.69) is 17.4 Å². The number of nitrogens with one attached hydrogen (secondary N) is 1. The number of fused-ring (bicyclic) bond motifs is 1. The van der Waals surface area contributed by atoms with Crippen LogP contribution in [-0.2, 0) is 22.6 Å². The number of rotatable bonds is 7. The van der Waals surface area contributed by atoms with Crippen LogP contribution in [0.15, 0.2) is 90.6 Å². The lowest BCUT2D eigenvalue weighted by Gasteiger charge is -2.06. The van der Waals surface area contributed by atoms with Crippen LogP contribution in [0.4, 0.5) is 5.69 Å². The summed E-state index contributed by atoms with van der Waals surface area (Å²) >= 11 is 0. The minimum atomic E-state index is -0.972. The maximum absolute atomic E-state index is 12.7. The summed E-state index contributed by atoms with van der Waals surface area (Å²) in [5.74, 6) is -1.50. The normalized spacial score (nSPS) is 11.2. The molecule has 0 aliphatic heterocycles. The van der Waals surface area contributed by atoms with E-state index < -0.39 is 11.9 Å². The number of carboxylic acids is 1. The van der Waals surface area contributed by atoms with Crippen LogP contribution in [0.3, 0.4) is 0 Å². The second-order valence-electron chi connectivity index (χ2n) is 7.61. The molecule has 0 saturated heterocycles. The van der Waals surface area contributed by atoms with E-state index in [1.807, 2.05) is 66.7 Å². The average molecular weight is 435 g/mol. The predicted molar refractivity (Wildman–Crippen MR) is 127 cm³/mol. The molecule has 4 aromatic rings. The highest BCUT2D eigenvalue weighted by Gasteiger charge is 2.14. The van der Waals surface area contributed by atoms with Crippen molar-refractivity contribution in [3.8, 4) is 6.07 Å². The number of hydrogen-bond acceptors (Lipinski definition) is 3. The second kappa shape index (κ2) is 9.67. The molecule has 33 heavy (non-hydrogen) atoms. The molecular weight excluding hydrogens is 414 g/mol. The molecule has 0 spiro atoms. The molecule has 6 nitrogen and oxygen atoms in total. The molecule has 0 bridgehead atoms. The fraction of sp³-hybridized carbons (Fsp3) is 0.0741. The third-order valence-electron chi connectivity index (χ3n) is 5.25. The summed E-state index contributed by atoms with van der Waals surface area (Å²) in [6.07, 6.45) is 3.92. The van der Waals surface area contributed by atoms with Crippen molar-refractivity contribution in [3.63, 3.8) is 0 Å². The number of carbonyl (C=O) groups excluding carboxylic acids is 1. The van der Waals surface area contributed by atoms with Crippen LogP contribution in [0, 0.1) is 11.3 Å². The number of anilines is 1. The summed E-state index contributed by atoms with van der Waals surface area (Å²) in [7, 11) is 0. The molecule has 2 N–H and O–H groups in total. The van der Waals surface area contributed by atoms with Crippen molar-refractivity contribution < 1.29 is 14.7 Å². The number of aliphatic carboxylic acids is 1. The van der Waals surface area contributed by atoms with Crippen molar-refractivity contribution in [1.82, 2.24) is 4.57 Å². The van der Waals surface area contributed by atoms with E-state index in [-0.39, 0.29) is 12.1 Å². The standard InChI is InChI=1S/C27H21N3O3/c28-16-21(15-22-17-30(18-26(31)32)25-9-5-4-8-24(22)25)27(33)29-23-12-10-20(11-13-23)14-19-6-2-1-3-7-19/h1-13,15,17H,14,18H2,(H,29,33)(H,31,32)/b21-15+. The summed E-state index contributed by atoms with van der Waals surface area (Å²) in [4.78, 5) is 23.9. The maximum Gasteiger partial charge on any atom is 0.323 e. The number of nitriles is 1. The summed E-state index contributed by atoms with van der Waals surface area (Å²) in [6.45, 7) is -0.211. The fourth-order valence-electron chi connectivity index (χ4n) is 3.71. The number of carboxylic acid groups (broad SMARTS) is 1. The van der Waals surface area contributed by atoms with Gasteiger partial charge < -0.3 is 15.0 Å². The fourth-order valence-corrected chi connectivity index (χ4v) is 3.71. The number of aromatic nitrogens is 1. The Balaban J connectivity index is 1.53. The van der Waals surface area contributed by atoms with E-state index in [0.29, 0.717) is 11.3 Å². The molecule has 0 radical (unpaired) electrons. The van der Waals surface area contributed by atoms with Gasteiger partial charge in [0.2, 0.25) is 0 Å². The molecule has 4 rings (SSSR count). The van der Waals surface area contributed by atoms with Gasteiger partial charge in [-0.3, -0.25) is 9.59 Å². The van der Waals surface area contributed by atoms with Gasteiger partial charge in [-0.2, -0.15) is 5.26 Å². The van der Waals surface area contributed by atoms with Crippen LogP contribution >= 0.6 is 0 Å². The third kappa shape index (κ3) is 5.17. The lowest BCUT2D eigenvalue weighted by atomic mass is 10.0. The first kappa shape index (κ1) is 21.6. The Morgan fingerprint density at radius 3 is 2.30 bits per heavy atom. The molecule has 0 unspecified atom stereocenters. The van der Waals surface area contributed by atoms with Crippen LogP contribution in [0.25, 0.3) is 17.0 Å². The molecular formula is C27H21N3O3. The van der Waals surface area contributed by atoms with E-state index in [4.69, 9.17) is 5.11 Å². The summed E-state index contributed by atoms with van der Waals surface area (Å²) in [6, 6.07) is 26.8. The number of amides is 1. The molecule has 162 valence electrons. The predicted octanol–water partition coefficient (Wildman–Crippen LogP) is 4.86. The van der Waals surface area contributed by atoms with Gasteiger partial charge in [0, 0.05) is 28.4 Å². The van der Waals surface area contributed by atoms with Gasteiger partial charge in [-0.05, 0) is 41.8 Å². The number of nitrogens with zero attached hydrogens (tertiary/aromatic N) is 2. The number of carbonyl (C=O) groups is 2. The average Bonchev–Trinajstić information content (AvgIpc) is 3.16. The highest BCUT2D eigenvalue weighted by molar-refractivity contribution is 6.10. The minimum absolute atomic E-state index is 0.0680. The van der Waals surface area contributed by atoms with Crippen LogP contribution in [-0.4, -0.2) is 21.6 Å². The zero-order chi connectivity index (χ0) is 23.2. The van der Waals surface area contributed by atoms with E-state index >= 15 is 0 Å². The van der Waals surface area contributed by atoms with E-state index in [1.165, 1.54) is 11.6 Å². The summed E-state index contributed by atoms with van der Waals surface area (Å²) in [5, 5.41) is 22.3. The van der Waals surface area contributed by atoms with E-state index in [1.54, 1.807) is 16.8 Å². The van der Waals surface area contributed by atoms with Crippen LogP contribution in [0.5, 0.6) is 0 Å². The highest BCUT2D eigenvalue weighted by Crippen LogP contribution is 2.24. The Morgan fingerprint density at radius 1 is 0.939 bits per heavy atom. The van der Waals surface area contributed by atoms with Crippen LogP contribution in [0.1, 0.15) is 16.7 Å². The topological polar surface area (TPSA) is 95.1 Å². The van der Waals surface area contributed by atoms with Crippen molar-refractivity contribution in [2.24, 2.45) is 0 Å². The molecule has 0 aliphatic rings. The first-order valence-electron chi connectivity index (χ1n) is 10.4. The summed E-state index contributed by atoms with van der Waals surface area (Å²) in [5.41, 5.74) is 4.16. The van der Waals surface area contributed by atoms with Gasteiger partial charge >= 0.3 is 5.97 Å². The van der Waals surface area contributed by atoms with Crippen molar-refractivity contribution in [2.75, 3.05) is 5.32 Å². The quantitative estimate of drug-likeness (QED) is 0.320. The lowest BCUT2D eigenvalue weighted by molar-refractivity contribution is -0.137. The largest absolute Gasteiger partial charge is 0.480 e. The SMILES string of the molecule is N#C/C(=C\c1cn(CC(=O)O)c2ccccc12)C(=O)Nc1ccc(Cc2ccccc2)cc1. The molecule has 0 aliphatic carbocycles. The van der Waals surface area contributed by atoms with Crippen molar-refractivity contribution >= 4 is 34.5 Å². The first-order valence-corrected chi connectivity index (χ1v) is 10.4. The Hall–Kier alpha value is -4.63. The minimum Gasteiger partial charge on any atom is -0.480 e. The van der Waals surface area contributed by atoms with E-state index in [0.717, 1.165) is 22.9 Å². The summed E-state index contributed by atoms with van der Waals surface area (Å²) < 4.78 is 1.59. The Morgan fingerprint density at radius 2 is 1.61 bits per heavy atom. The number of hydrogen-bond donors (Lipinski definition) is 2. The Kier molecular flexibility index (Phi) is 6.33. The highest BCUT2D eigenvalue weighted by atomic mass is 16.4. The zero-order valence-electron chi connectivity index (χ0n) is 17.7. The van der Waals surface area contributed by atoms with Gasteiger partial charge in [-0.25, -0.2) is 0 Å². The van der Waals surface area contributed by atoms with E-state index in [9.17, 15) is 14.9 Å². The second-order valence-corrected chi connectivity index (χ2v) is 7.61. The van der Waals surface area contributed by atoms with Crippen molar-refractivity contribution in [2.45, 2.75) is 13.0 Å². The smallest absolute Gasteiger partial charge is 0.323 e. The molecule has 1 amide bonds. The van der Waals surface area contributed by atoms with Gasteiger partial charge in [0.1, 0.15) is 18.2 Å². The molecule has 0 fully saturated rings. The Bertz CT molecular complexity index is 1380. The van der Waals surface area contributed by atoms with Gasteiger partial charge in [-0.1, -0.05) is 60.7 Å². The molecule has 3 aromatic carbocycles. The maximum atomic E-state index is 12.7.